The molecule has 0 spiro atoms. The molecule has 0 aliphatic carbocycles. The summed E-state index contributed by atoms with van der Waals surface area (Å²) in [5.74, 6) is 0. The van der Waals surface area contributed by atoms with Crippen LogP contribution in [0.25, 0.3) is 0 Å². The quantitative estimate of drug-likeness (QED) is 0.792. The predicted octanol–water partition coefficient (Wildman–Crippen LogP) is 4.36. The zero-order valence-electron chi connectivity index (χ0n) is 12.6. The molecule has 0 aromatic heterocycles. The van der Waals surface area contributed by atoms with Gasteiger partial charge in [0.1, 0.15) is 6.10 Å². The minimum atomic E-state index is -4.61. The van der Waals surface area contributed by atoms with E-state index in [0.29, 0.717) is 6.07 Å². The second-order valence-electron chi connectivity index (χ2n) is 5.54. The van der Waals surface area contributed by atoms with Crippen LogP contribution in [0.5, 0.6) is 0 Å². The van der Waals surface area contributed by atoms with E-state index >= 15 is 0 Å². The predicted molar refractivity (Wildman–Crippen MR) is 77.6 cm³/mol. The van der Waals surface area contributed by atoms with E-state index in [1.165, 1.54) is 12.1 Å². The maximum atomic E-state index is 12.7. The van der Waals surface area contributed by atoms with E-state index in [0.717, 1.165) is 30.3 Å². The molecule has 2 aromatic carbocycles. The monoisotopic (exact) mass is 364 g/mol. The summed E-state index contributed by atoms with van der Waals surface area (Å²) >= 11 is 0. The maximum absolute atomic E-state index is 12.7. The number of alkyl halides is 6. The van der Waals surface area contributed by atoms with Crippen molar-refractivity contribution in [2.24, 2.45) is 0 Å². The topological polar surface area (TPSA) is 40.5 Å². The van der Waals surface area contributed by atoms with Crippen LogP contribution in [0.3, 0.4) is 0 Å². The summed E-state index contributed by atoms with van der Waals surface area (Å²) < 4.78 is 76.1. The van der Waals surface area contributed by atoms with Crippen molar-refractivity contribution in [3.8, 4) is 0 Å². The summed E-state index contributed by atoms with van der Waals surface area (Å²) in [6.07, 6.45) is -12.7. The number of aliphatic hydroxyl groups excluding tert-OH is 2. The smallest absolute Gasteiger partial charge is 0.390 e. The molecule has 0 bridgehead atoms. The Bertz CT molecular complexity index is 724. The molecule has 0 saturated heterocycles. The number of benzene rings is 2. The third-order valence-electron chi connectivity index (χ3n) is 3.62. The van der Waals surface area contributed by atoms with Crippen molar-refractivity contribution < 1.29 is 36.6 Å². The highest BCUT2D eigenvalue weighted by Crippen LogP contribution is 2.32. The summed E-state index contributed by atoms with van der Waals surface area (Å²) in [6, 6.07) is 7.96. The normalized spacial score (nSPS) is 15.0. The van der Waals surface area contributed by atoms with Gasteiger partial charge >= 0.3 is 12.4 Å². The summed E-state index contributed by atoms with van der Waals surface area (Å²) in [5.41, 5.74) is -1.97. The van der Waals surface area contributed by atoms with Gasteiger partial charge in [0.2, 0.25) is 0 Å². The lowest BCUT2D eigenvalue weighted by Crippen LogP contribution is -2.21. The van der Waals surface area contributed by atoms with E-state index in [2.05, 4.69) is 0 Å². The van der Waals surface area contributed by atoms with E-state index in [4.69, 9.17) is 0 Å². The molecule has 0 aliphatic heterocycles. The number of rotatable bonds is 4. The Morgan fingerprint density at radius 3 is 1.84 bits per heavy atom. The van der Waals surface area contributed by atoms with Gasteiger partial charge in [-0.25, -0.2) is 0 Å². The zero-order valence-corrected chi connectivity index (χ0v) is 12.6. The SMILES string of the molecule is OC(Cc1cccc(C(F)(F)F)c1)C(O)c1cccc(C(F)(F)F)c1. The lowest BCUT2D eigenvalue weighted by molar-refractivity contribution is -0.138. The molecule has 0 heterocycles. The number of hydrogen-bond donors (Lipinski definition) is 2. The fourth-order valence-corrected chi connectivity index (χ4v) is 2.35. The van der Waals surface area contributed by atoms with Crippen molar-refractivity contribution in [1.82, 2.24) is 0 Å². The van der Waals surface area contributed by atoms with Crippen molar-refractivity contribution in [1.29, 1.82) is 0 Å². The van der Waals surface area contributed by atoms with Gasteiger partial charge in [-0.3, -0.25) is 0 Å². The molecule has 2 nitrogen and oxygen atoms in total. The van der Waals surface area contributed by atoms with Gasteiger partial charge in [-0.05, 0) is 29.3 Å². The molecule has 0 saturated carbocycles. The molecule has 25 heavy (non-hydrogen) atoms. The molecule has 2 rings (SSSR count). The van der Waals surface area contributed by atoms with E-state index < -0.39 is 35.7 Å². The fourth-order valence-electron chi connectivity index (χ4n) is 2.35. The first kappa shape index (κ1) is 19.3. The van der Waals surface area contributed by atoms with Crippen LogP contribution in [0.2, 0.25) is 0 Å². The Morgan fingerprint density at radius 1 is 0.760 bits per heavy atom. The maximum Gasteiger partial charge on any atom is 0.416 e. The van der Waals surface area contributed by atoms with Gasteiger partial charge in [0, 0.05) is 6.42 Å². The third-order valence-corrected chi connectivity index (χ3v) is 3.62. The van der Waals surface area contributed by atoms with Gasteiger partial charge in [-0.15, -0.1) is 0 Å². The highest BCUT2D eigenvalue weighted by Gasteiger charge is 2.32. The van der Waals surface area contributed by atoms with E-state index in [1.54, 1.807) is 0 Å². The van der Waals surface area contributed by atoms with E-state index in [1.807, 2.05) is 0 Å². The minimum Gasteiger partial charge on any atom is -0.390 e. The number of hydrogen-bond acceptors (Lipinski definition) is 2. The summed E-state index contributed by atoms with van der Waals surface area (Å²) in [5, 5.41) is 20.0. The summed E-state index contributed by atoms with van der Waals surface area (Å²) in [4.78, 5) is 0. The molecule has 0 amide bonds. The molecule has 0 fully saturated rings. The summed E-state index contributed by atoms with van der Waals surface area (Å²) in [6.45, 7) is 0. The van der Waals surface area contributed by atoms with Crippen LogP contribution >= 0.6 is 0 Å². The standard InChI is InChI=1S/C17H14F6O2/c18-16(19,20)12-5-1-3-10(7-12)8-14(24)15(25)11-4-2-6-13(9-11)17(21,22)23/h1-7,9,14-15,24-25H,8H2. The van der Waals surface area contributed by atoms with Crippen LogP contribution in [-0.4, -0.2) is 16.3 Å². The number of aliphatic hydroxyl groups is 2. The van der Waals surface area contributed by atoms with Crippen LogP contribution in [0.1, 0.15) is 28.4 Å². The Balaban J connectivity index is 2.17. The van der Waals surface area contributed by atoms with Crippen LogP contribution < -0.4 is 0 Å². The molecule has 2 unspecified atom stereocenters. The fraction of sp³-hybridized carbons (Fsp3) is 0.294. The molecule has 136 valence electrons. The van der Waals surface area contributed by atoms with Crippen LogP contribution in [0, 0.1) is 0 Å². The second-order valence-corrected chi connectivity index (χ2v) is 5.54. The molecule has 2 N–H and O–H groups in total. The summed E-state index contributed by atoms with van der Waals surface area (Å²) in [7, 11) is 0. The van der Waals surface area contributed by atoms with Crippen LogP contribution in [-0.2, 0) is 18.8 Å². The van der Waals surface area contributed by atoms with Crippen LogP contribution in [0.15, 0.2) is 48.5 Å². The van der Waals surface area contributed by atoms with Crippen LogP contribution in [0.4, 0.5) is 26.3 Å². The van der Waals surface area contributed by atoms with Gasteiger partial charge in [0.05, 0.1) is 17.2 Å². The van der Waals surface area contributed by atoms with Gasteiger partial charge in [0.15, 0.2) is 0 Å². The van der Waals surface area contributed by atoms with Gasteiger partial charge in [-0.2, -0.15) is 26.3 Å². The second kappa shape index (κ2) is 7.05. The third kappa shape index (κ3) is 4.96. The van der Waals surface area contributed by atoms with Crippen molar-refractivity contribution in [3.63, 3.8) is 0 Å². The molecule has 2 aromatic rings. The molecule has 0 radical (unpaired) electrons. The minimum absolute atomic E-state index is 0.105. The molecular weight excluding hydrogens is 350 g/mol. The largest absolute Gasteiger partial charge is 0.416 e. The molecular formula is C17H14F6O2. The van der Waals surface area contributed by atoms with Crippen molar-refractivity contribution in [2.45, 2.75) is 31.0 Å². The Morgan fingerprint density at radius 2 is 1.28 bits per heavy atom. The average molecular weight is 364 g/mol. The van der Waals surface area contributed by atoms with Gasteiger partial charge < -0.3 is 10.2 Å². The zero-order chi connectivity index (χ0) is 18.8. The first-order valence-electron chi connectivity index (χ1n) is 7.18. The lowest BCUT2D eigenvalue weighted by atomic mass is 9.96. The van der Waals surface area contributed by atoms with E-state index in [9.17, 15) is 36.6 Å². The van der Waals surface area contributed by atoms with Crippen molar-refractivity contribution >= 4 is 0 Å². The van der Waals surface area contributed by atoms with Crippen molar-refractivity contribution in [3.05, 3.63) is 70.8 Å². The van der Waals surface area contributed by atoms with Gasteiger partial charge in [-0.1, -0.05) is 30.3 Å². The molecule has 8 heteroatoms. The highest BCUT2D eigenvalue weighted by molar-refractivity contribution is 5.29. The van der Waals surface area contributed by atoms with Gasteiger partial charge in [0.25, 0.3) is 0 Å². The Labute approximate surface area is 139 Å². The van der Waals surface area contributed by atoms with E-state index in [-0.39, 0.29) is 17.5 Å². The first-order valence-corrected chi connectivity index (χ1v) is 7.18. The Hall–Kier alpha value is -2.06. The lowest BCUT2D eigenvalue weighted by Gasteiger charge is -2.20. The average Bonchev–Trinajstić information content (AvgIpc) is 2.53. The number of halogens is 6. The highest BCUT2D eigenvalue weighted by atomic mass is 19.4. The van der Waals surface area contributed by atoms with Crippen molar-refractivity contribution in [2.75, 3.05) is 0 Å². The Kier molecular flexibility index (Phi) is 5.43. The molecule has 2 atom stereocenters. The first-order chi connectivity index (χ1) is 11.5. The molecule has 0 aliphatic rings.